The van der Waals surface area contributed by atoms with Crippen LogP contribution in [0.3, 0.4) is 0 Å². The molecule has 4 heteroatoms. The number of carbonyl (C=O) groups excluding carboxylic acids is 1. The molecular weight excluding hydrogens is 172 g/mol. The Kier molecular flexibility index (Phi) is 3.03. The molecule has 0 aromatic heterocycles. The Morgan fingerprint density at radius 3 is 2.75 bits per heavy atom. The zero-order chi connectivity index (χ0) is 9.14. The molecular formula is C8H14N2OS. The lowest BCUT2D eigenvalue weighted by Gasteiger charge is -2.16. The van der Waals surface area contributed by atoms with E-state index in [-0.39, 0.29) is 6.03 Å². The summed E-state index contributed by atoms with van der Waals surface area (Å²) in [6.07, 6.45) is 0. The topological polar surface area (TPSA) is 23.6 Å². The summed E-state index contributed by atoms with van der Waals surface area (Å²) in [6.45, 7) is 6.08. The third kappa shape index (κ3) is 1.94. The number of nitrogens with zero attached hydrogens (tertiary/aromatic N) is 2. The fourth-order valence-electron chi connectivity index (χ4n) is 1.17. The van der Waals surface area contributed by atoms with Gasteiger partial charge in [0.05, 0.1) is 0 Å². The van der Waals surface area contributed by atoms with Crippen molar-refractivity contribution in [3.63, 3.8) is 0 Å². The number of rotatable bonds is 3. The van der Waals surface area contributed by atoms with Crippen LogP contribution in [-0.4, -0.2) is 48.3 Å². The molecule has 1 fully saturated rings. The molecule has 0 N–H and O–H groups in total. The predicted molar refractivity (Wildman–Crippen MR) is 52.6 cm³/mol. The molecule has 0 bridgehead atoms. The van der Waals surface area contributed by atoms with Crippen LogP contribution >= 0.6 is 12.6 Å². The molecule has 1 aliphatic rings. The molecule has 0 atom stereocenters. The van der Waals surface area contributed by atoms with Gasteiger partial charge in [0.25, 0.3) is 0 Å². The first kappa shape index (κ1) is 9.45. The molecule has 0 spiro atoms. The average Bonchev–Trinajstić information content (AvgIpc) is 2.36. The fourth-order valence-corrected chi connectivity index (χ4v) is 1.27. The number of thiol groups is 1. The van der Waals surface area contributed by atoms with E-state index in [1.165, 1.54) is 0 Å². The van der Waals surface area contributed by atoms with Crippen LogP contribution in [0.5, 0.6) is 0 Å². The quantitative estimate of drug-likeness (QED) is 0.512. The summed E-state index contributed by atoms with van der Waals surface area (Å²) in [4.78, 5) is 14.8. The molecule has 12 heavy (non-hydrogen) atoms. The van der Waals surface area contributed by atoms with Crippen molar-refractivity contribution >= 4 is 18.7 Å². The van der Waals surface area contributed by atoms with E-state index in [0.29, 0.717) is 12.3 Å². The highest BCUT2D eigenvalue weighted by Crippen LogP contribution is 2.08. The summed E-state index contributed by atoms with van der Waals surface area (Å²) < 4.78 is 0. The van der Waals surface area contributed by atoms with Crippen LogP contribution in [0.15, 0.2) is 12.2 Å². The van der Waals surface area contributed by atoms with Crippen LogP contribution in [0, 0.1) is 0 Å². The zero-order valence-corrected chi connectivity index (χ0v) is 8.18. The van der Waals surface area contributed by atoms with Crippen LogP contribution in [0.4, 0.5) is 4.79 Å². The second-order valence-electron chi connectivity index (χ2n) is 3.03. The second kappa shape index (κ2) is 3.85. The Balaban J connectivity index is 2.44. The first-order valence-electron chi connectivity index (χ1n) is 3.92. The van der Waals surface area contributed by atoms with Crippen LogP contribution in [0.1, 0.15) is 0 Å². The van der Waals surface area contributed by atoms with Gasteiger partial charge in [-0.2, -0.15) is 12.6 Å². The lowest BCUT2D eigenvalue weighted by Crippen LogP contribution is -2.31. The molecule has 1 rings (SSSR count). The van der Waals surface area contributed by atoms with Crippen LogP contribution in [0.2, 0.25) is 0 Å². The minimum absolute atomic E-state index is 0.0953. The lowest BCUT2D eigenvalue weighted by molar-refractivity contribution is 0.201. The minimum atomic E-state index is 0.0953. The smallest absolute Gasteiger partial charge is 0.320 e. The zero-order valence-electron chi connectivity index (χ0n) is 7.29. The summed E-state index contributed by atoms with van der Waals surface area (Å²) in [5, 5.41) is 0. The Hall–Kier alpha value is -0.640. The molecule has 0 radical (unpaired) electrons. The predicted octanol–water partition coefficient (Wildman–Crippen LogP) is 0.840. The highest BCUT2D eigenvalue weighted by atomic mass is 32.1. The van der Waals surface area contributed by atoms with E-state index in [9.17, 15) is 4.79 Å². The maximum Gasteiger partial charge on any atom is 0.320 e. The van der Waals surface area contributed by atoms with E-state index in [2.05, 4.69) is 19.2 Å². The minimum Gasteiger partial charge on any atom is -0.326 e. The van der Waals surface area contributed by atoms with Crippen molar-refractivity contribution in [1.29, 1.82) is 0 Å². The van der Waals surface area contributed by atoms with E-state index in [1.807, 2.05) is 7.05 Å². The second-order valence-corrected chi connectivity index (χ2v) is 3.35. The molecule has 1 saturated heterocycles. The summed E-state index contributed by atoms with van der Waals surface area (Å²) in [6, 6.07) is 0.0953. The highest BCUT2D eigenvalue weighted by Gasteiger charge is 2.24. The van der Waals surface area contributed by atoms with Gasteiger partial charge in [-0.1, -0.05) is 6.58 Å². The van der Waals surface area contributed by atoms with Crippen molar-refractivity contribution in [2.45, 2.75) is 0 Å². The van der Waals surface area contributed by atoms with Crippen molar-refractivity contribution in [3.05, 3.63) is 12.2 Å². The molecule has 68 valence electrons. The van der Waals surface area contributed by atoms with Crippen molar-refractivity contribution in [1.82, 2.24) is 9.80 Å². The Bertz CT molecular complexity index is 205. The van der Waals surface area contributed by atoms with Gasteiger partial charge in [-0.15, -0.1) is 0 Å². The number of urea groups is 1. The molecule has 0 aliphatic carbocycles. The normalized spacial score (nSPS) is 17.3. The summed E-state index contributed by atoms with van der Waals surface area (Å²) in [7, 11) is 1.81. The van der Waals surface area contributed by atoms with E-state index < -0.39 is 0 Å². The van der Waals surface area contributed by atoms with Crippen LogP contribution in [0.25, 0.3) is 0 Å². The maximum atomic E-state index is 11.3. The summed E-state index contributed by atoms with van der Waals surface area (Å²) in [5.74, 6) is 0.646. The van der Waals surface area contributed by atoms with Gasteiger partial charge in [0.1, 0.15) is 0 Å². The lowest BCUT2D eigenvalue weighted by atomic mass is 10.3. The number of hydrogen-bond acceptors (Lipinski definition) is 2. The maximum absolute atomic E-state index is 11.3. The van der Waals surface area contributed by atoms with E-state index in [4.69, 9.17) is 0 Å². The van der Waals surface area contributed by atoms with Gasteiger partial charge < -0.3 is 9.80 Å². The number of likely N-dealkylation sites (N-methyl/N-ethyl adjacent to an activating group) is 1. The molecule has 0 aromatic rings. The Labute approximate surface area is 78.4 Å². The van der Waals surface area contributed by atoms with E-state index >= 15 is 0 Å². The SMILES string of the molecule is C=C(CS)CN1CCN(C)C1=O. The van der Waals surface area contributed by atoms with Crippen LogP contribution < -0.4 is 0 Å². The van der Waals surface area contributed by atoms with Crippen molar-refractivity contribution in [2.24, 2.45) is 0 Å². The van der Waals surface area contributed by atoms with Gasteiger partial charge in [-0.3, -0.25) is 0 Å². The van der Waals surface area contributed by atoms with Gasteiger partial charge in [-0.25, -0.2) is 4.79 Å². The number of carbonyl (C=O) groups is 1. The van der Waals surface area contributed by atoms with Gasteiger partial charge >= 0.3 is 6.03 Å². The largest absolute Gasteiger partial charge is 0.326 e. The molecule has 0 saturated carbocycles. The van der Waals surface area contributed by atoms with Gasteiger partial charge in [0, 0.05) is 32.4 Å². The first-order chi connectivity index (χ1) is 5.65. The Morgan fingerprint density at radius 1 is 1.67 bits per heavy atom. The number of amides is 2. The third-order valence-corrected chi connectivity index (χ3v) is 2.39. The molecule has 2 amide bonds. The molecule has 1 heterocycles. The van der Waals surface area contributed by atoms with E-state index in [1.54, 1.807) is 9.80 Å². The molecule has 0 aromatic carbocycles. The molecule has 0 unspecified atom stereocenters. The average molecular weight is 186 g/mol. The molecule has 1 aliphatic heterocycles. The van der Waals surface area contributed by atoms with Gasteiger partial charge in [-0.05, 0) is 5.57 Å². The molecule has 3 nitrogen and oxygen atoms in total. The summed E-state index contributed by atoms with van der Waals surface area (Å²) >= 11 is 4.09. The summed E-state index contributed by atoms with van der Waals surface area (Å²) in [5.41, 5.74) is 0.988. The third-order valence-electron chi connectivity index (χ3n) is 1.94. The van der Waals surface area contributed by atoms with Crippen molar-refractivity contribution < 1.29 is 4.79 Å². The highest BCUT2D eigenvalue weighted by molar-refractivity contribution is 7.80. The van der Waals surface area contributed by atoms with Crippen molar-refractivity contribution in [2.75, 3.05) is 32.4 Å². The fraction of sp³-hybridized carbons (Fsp3) is 0.625. The standard InChI is InChI=1S/C8H14N2OS/c1-7(6-12)5-10-4-3-9(2)8(10)11/h12H,1,3-6H2,2H3. The monoisotopic (exact) mass is 186 g/mol. The van der Waals surface area contributed by atoms with E-state index in [0.717, 1.165) is 18.7 Å². The van der Waals surface area contributed by atoms with Crippen LogP contribution in [-0.2, 0) is 0 Å². The van der Waals surface area contributed by atoms with Gasteiger partial charge in [0.2, 0.25) is 0 Å². The number of hydrogen-bond donors (Lipinski definition) is 1. The first-order valence-corrected chi connectivity index (χ1v) is 4.56. The Morgan fingerprint density at radius 2 is 2.33 bits per heavy atom. The van der Waals surface area contributed by atoms with Crippen molar-refractivity contribution in [3.8, 4) is 0 Å². The van der Waals surface area contributed by atoms with Gasteiger partial charge in [0.15, 0.2) is 0 Å².